The maximum Gasteiger partial charge on any atom is 0.407 e. The number of nitrogens with zero attached hydrogens (tertiary/aromatic N) is 4. The van der Waals surface area contributed by atoms with Crippen molar-refractivity contribution in [3.05, 3.63) is 94.7 Å². The van der Waals surface area contributed by atoms with E-state index >= 15 is 0 Å². The second-order valence-electron chi connectivity index (χ2n) is 17.6. The number of aromatic nitrogens is 4. The number of rotatable bonds is 10. The highest BCUT2D eigenvalue weighted by atomic mass is 16.5. The number of hydrogen-bond acceptors (Lipinski definition) is 8. The first kappa shape index (κ1) is 42.5. The number of aromatic amines is 2. The molecule has 2 aromatic heterocycles. The number of likely N-dealkylation sites (tertiary alicyclic amines) is 2. The van der Waals surface area contributed by atoms with E-state index in [9.17, 15) is 19.2 Å². The summed E-state index contributed by atoms with van der Waals surface area (Å²) in [5.41, 5.74) is 11.1. The number of methoxy groups -OCH3 is 2. The number of carbonyl (C=O) groups is 4. The van der Waals surface area contributed by atoms with Crippen molar-refractivity contribution >= 4 is 35.0 Å². The normalized spacial score (nSPS) is 18.5. The van der Waals surface area contributed by atoms with Crippen LogP contribution < -0.4 is 10.6 Å². The van der Waals surface area contributed by atoms with E-state index < -0.39 is 24.3 Å². The number of alkyl carbamates (subject to hydrolysis) is 2. The molecule has 2 fully saturated rings. The van der Waals surface area contributed by atoms with Gasteiger partial charge in [-0.3, -0.25) is 9.59 Å². The molecule has 4 aliphatic carbocycles. The highest BCUT2D eigenvalue weighted by molar-refractivity contribution is 5.88. The van der Waals surface area contributed by atoms with E-state index in [0.29, 0.717) is 13.1 Å². The summed E-state index contributed by atoms with van der Waals surface area (Å²) in [6.07, 6.45) is 7.31. The SMILES string of the molecule is COC(=O)NC(C(=O)N1CCCC1c1ncc(-c2cc3ccc2CCc2ccc(c(-c4ccc5nc(C6CCCN6C(=O)C(NC(=O)OC)C(C)C)[nH]c5c4)c2)CC3)[nH]1)C(C)C. The van der Waals surface area contributed by atoms with Crippen LogP contribution in [0, 0.1) is 11.8 Å². The lowest BCUT2D eigenvalue weighted by molar-refractivity contribution is -0.136. The number of fused-ring (bicyclic) bond motifs is 1. The average molecular weight is 843 g/mol. The molecule has 11 rings (SSSR count). The molecule has 4 N–H and O–H groups in total. The van der Waals surface area contributed by atoms with Crippen molar-refractivity contribution in [3.63, 3.8) is 0 Å². The molecular weight excluding hydrogens is 785 g/mol. The maximum absolute atomic E-state index is 13.8. The molecule has 326 valence electrons. The molecule has 3 aromatic carbocycles. The van der Waals surface area contributed by atoms with Gasteiger partial charge in [-0.15, -0.1) is 0 Å². The van der Waals surface area contributed by atoms with Gasteiger partial charge in [0, 0.05) is 18.7 Å². The van der Waals surface area contributed by atoms with Crippen molar-refractivity contribution in [1.82, 2.24) is 40.4 Å². The number of hydrogen-bond donors (Lipinski definition) is 4. The Morgan fingerprint density at radius 2 is 1.23 bits per heavy atom. The molecule has 14 nitrogen and oxygen atoms in total. The van der Waals surface area contributed by atoms with Crippen LogP contribution in [-0.2, 0) is 44.7 Å². The Balaban J connectivity index is 1.01. The van der Waals surface area contributed by atoms with Crippen LogP contribution >= 0.6 is 0 Å². The number of aryl methyl sites for hydroxylation is 4. The topological polar surface area (TPSA) is 175 Å². The molecule has 2 aliphatic heterocycles. The summed E-state index contributed by atoms with van der Waals surface area (Å²) in [4.78, 5) is 72.4. The fourth-order valence-electron chi connectivity index (χ4n) is 9.45. The lowest BCUT2D eigenvalue weighted by Crippen LogP contribution is -2.51. The molecule has 4 atom stereocenters. The summed E-state index contributed by atoms with van der Waals surface area (Å²) in [5.74, 6) is 1.04. The summed E-state index contributed by atoms with van der Waals surface area (Å²) in [7, 11) is 2.60. The average Bonchev–Trinajstić information content (AvgIpc) is 4.11. The van der Waals surface area contributed by atoms with Gasteiger partial charge in [-0.05, 0) is 115 Å². The first-order valence-electron chi connectivity index (χ1n) is 22.0. The van der Waals surface area contributed by atoms with Crippen molar-refractivity contribution in [3.8, 4) is 22.4 Å². The van der Waals surface area contributed by atoms with Gasteiger partial charge < -0.3 is 39.9 Å². The first-order valence-corrected chi connectivity index (χ1v) is 22.0. The van der Waals surface area contributed by atoms with E-state index in [4.69, 9.17) is 19.4 Å². The van der Waals surface area contributed by atoms with Crippen molar-refractivity contribution < 1.29 is 28.7 Å². The minimum atomic E-state index is -0.692. The van der Waals surface area contributed by atoms with Gasteiger partial charge in [0.1, 0.15) is 23.7 Å². The van der Waals surface area contributed by atoms with Gasteiger partial charge >= 0.3 is 12.2 Å². The molecule has 0 radical (unpaired) electrons. The van der Waals surface area contributed by atoms with E-state index in [1.54, 1.807) is 0 Å². The Bertz CT molecular complexity index is 2470. The summed E-state index contributed by atoms with van der Waals surface area (Å²) in [5, 5.41) is 5.47. The second-order valence-corrected chi connectivity index (χ2v) is 17.6. The van der Waals surface area contributed by atoms with E-state index in [0.717, 1.165) is 90.9 Å². The predicted octanol–water partition coefficient (Wildman–Crippen LogP) is 7.59. The van der Waals surface area contributed by atoms with Gasteiger partial charge in [0.2, 0.25) is 11.8 Å². The van der Waals surface area contributed by atoms with Gasteiger partial charge in [0.25, 0.3) is 0 Å². The van der Waals surface area contributed by atoms with Crippen LogP contribution in [0.3, 0.4) is 0 Å². The fourth-order valence-corrected chi connectivity index (χ4v) is 9.45. The summed E-state index contributed by atoms with van der Waals surface area (Å²) in [6, 6.07) is 18.2. The van der Waals surface area contributed by atoms with E-state index in [1.807, 2.05) is 43.7 Å². The predicted molar refractivity (Wildman–Crippen MR) is 236 cm³/mol. The van der Waals surface area contributed by atoms with Crippen LogP contribution in [0.5, 0.6) is 0 Å². The maximum atomic E-state index is 13.8. The largest absolute Gasteiger partial charge is 0.453 e. The third-order valence-electron chi connectivity index (χ3n) is 12.9. The van der Waals surface area contributed by atoms with E-state index in [-0.39, 0.29) is 35.7 Å². The number of ether oxygens (including phenoxy) is 2. The van der Waals surface area contributed by atoms with E-state index in [1.165, 1.54) is 42.0 Å². The number of H-pyrrole nitrogens is 2. The molecule has 4 amide bonds. The second kappa shape index (κ2) is 18.0. The highest BCUT2D eigenvalue weighted by Crippen LogP contribution is 2.37. The summed E-state index contributed by atoms with van der Waals surface area (Å²) >= 11 is 0. The molecular formula is C48H58N8O6. The first-order chi connectivity index (χ1) is 29.9. The zero-order valence-corrected chi connectivity index (χ0v) is 36.5. The standard InChI is InChI=1S/C48H58N8O6/c1-27(2)41(53-47(59)61-5)45(57)55-21-7-9-39(55)43-49-26-38(52-43)35-24-30-12-16-31-15-11-29(13-17-32(35)18-14-30)23-34(31)33-19-20-36-37(25-33)51-44(50-36)40-10-8-22-56(40)46(58)42(28(3)4)54-48(60)62-6/h11,14-15,18-20,23-28,39-42H,7-10,12-13,16-17,21-22H2,1-6H3,(H,49,52)(H,50,51)(H,53,59)(H,54,60). The van der Waals surface area contributed by atoms with Crippen molar-refractivity contribution in [2.75, 3.05) is 27.3 Å². The Hall–Kier alpha value is -6.18. The molecule has 4 unspecified atom stereocenters. The molecule has 4 bridgehead atoms. The lowest BCUT2D eigenvalue weighted by atomic mass is 9.88. The number of nitrogens with one attached hydrogen (secondary N) is 4. The molecule has 0 spiro atoms. The highest BCUT2D eigenvalue weighted by Gasteiger charge is 2.39. The molecule has 5 aromatic rings. The van der Waals surface area contributed by atoms with Crippen LogP contribution in [-0.4, -0.2) is 93.1 Å². The number of amides is 4. The third kappa shape index (κ3) is 8.64. The summed E-state index contributed by atoms with van der Waals surface area (Å²) in [6.45, 7) is 8.87. The van der Waals surface area contributed by atoms with Crippen molar-refractivity contribution in [2.45, 2.75) is 103 Å². The zero-order valence-electron chi connectivity index (χ0n) is 36.5. The fraction of sp³-hybridized carbons (Fsp3) is 0.458. The van der Waals surface area contributed by atoms with Crippen LogP contribution in [0.4, 0.5) is 9.59 Å². The minimum Gasteiger partial charge on any atom is -0.453 e. The number of carbonyl (C=O) groups excluding carboxylic acids is 4. The van der Waals surface area contributed by atoms with Crippen LogP contribution in [0.2, 0.25) is 0 Å². The van der Waals surface area contributed by atoms with Crippen molar-refractivity contribution in [1.29, 1.82) is 0 Å². The van der Waals surface area contributed by atoms with Gasteiger partial charge in [-0.1, -0.05) is 64.1 Å². The monoisotopic (exact) mass is 842 g/mol. The molecule has 0 saturated carbocycles. The summed E-state index contributed by atoms with van der Waals surface area (Å²) < 4.78 is 9.62. The third-order valence-corrected chi connectivity index (χ3v) is 12.9. The minimum absolute atomic E-state index is 0.107. The van der Waals surface area contributed by atoms with E-state index in [2.05, 4.69) is 75.2 Å². The van der Waals surface area contributed by atoms with Crippen LogP contribution in [0.1, 0.15) is 99.4 Å². The molecule has 6 aliphatic rings. The Morgan fingerprint density at radius 3 is 1.79 bits per heavy atom. The van der Waals surface area contributed by atoms with Crippen LogP contribution in [0.25, 0.3) is 33.4 Å². The van der Waals surface area contributed by atoms with Gasteiger partial charge in [0.15, 0.2) is 0 Å². The van der Waals surface area contributed by atoms with Gasteiger partial charge in [-0.25, -0.2) is 19.6 Å². The smallest absolute Gasteiger partial charge is 0.407 e. The Morgan fingerprint density at radius 1 is 0.677 bits per heavy atom. The molecule has 62 heavy (non-hydrogen) atoms. The van der Waals surface area contributed by atoms with Gasteiger partial charge in [0.05, 0.1) is 49.2 Å². The zero-order chi connectivity index (χ0) is 43.7. The molecule has 2 saturated heterocycles. The quantitative estimate of drug-likeness (QED) is 0.111. The Labute approximate surface area is 362 Å². The van der Waals surface area contributed by atoms with Gasteiger partial charge in [-0.2, -0.15) is 0 Å². The molecule has 4 heterocycles. The lowest BCUT2D eigenvalue weighted by Gasteiger charge is -2.30. The number of imidazole rings is 2. The molecule has 14 heteroatoms. The van der Waals surface area contributed by atoms with Crippen LogP contribution in [0.15, 0.2) is 60.8 Å². The number of benzene rings is 3. The Kier molecular flexibility index (Phi) is 12.4. The van der Waals surface area contributed by atoms with Crippen molar-refractivity contribution in [2.24, 2.45) is 11.8 Å².